The first-order valence-corrected chi connectivity index (χ1v) is 7.21. The van der Waals surface area contributed by atoms with Crippen LogP contribution in [0.25, 0.3) is 0 Å². The van der Waals surface area contributed by atoms with Gasteiger partial charge >= 0.3 is 6.09 Å². The minimum Gasteiger partial charge on any atom is -0.444 e. The quantitative estimate of drug-likeness (QED) is 0.799. The number of ether oxygens (including phenoxy) is 1. The lowest BCUT2D eigenvalue weighted by molar-refractivity contribution is -0.132. The summed E-state index contributed by atoms with van der Waals surface area (Å²) in [7, 11) is 0. The molecule has 21 heavy (non-hydrogen) atoms. The van der Waals surface area contributed by atoms with Gasteiger partial charge in [-0.1, -0.05) is 36.8 Å². The number of hydrogen-bond donors (Lipinski definition) is 0. The summed E-state index contributed by atoms with van der Waals surface area (Å²) in [6.07, 6.45) is 2.52. The van der Waals surface area contributed by atoms with Gasteiger partial charge in [0.05, 0.1) is 0 Å². The highest BCUT2D eigenvalue weighted by atomic mass is 16.6. The molecule has 3 atom stereocenters. The van der Waals surface area contributed by atoms with Crippen LogP contribution < -0.4 is 0 Å². The highest BCUT2D eigenvalue weighted by Crippen LogP contribution is 2.42. The smallest absolute Gasteiger partial charge is 0.417 e. The second-order valence-electron chi connectivity index (χ2n) is 5.58. The van der Waals surface area contributed by atoms with E-state index in [9.17, 15) is 14.4 Å². The van der Waals surface area contributed by atoms with E-state index >= 15 is 0 Å². The molecule has 0 spiro atoms. The van der Waals surface area contributed by atoms with E-state index in [1.165, 1.54) is 0 Å². The van der Waals surface area contributed by atoms with E-state index in [1.807, 2.05) is 30.3 Å². The van der Waals surface area contributed by atoms with Crippen molar-refractivity contribution in [3.63, 3.8) is 0 Å². The van der Waals surface area contributed by atoms with E-state index in [4.69, 9.17) is 4.74 Å². The van der Waals surface area contributed by atoms with Crippen molar-refractivity contribution < 1.29 is 19.1 Å². The number of rotatable bonds is 3. The van der Waals surface area contributed by atoms with Crippen LogP contribution in [0.2, 0.25) is 0 Å². The molecule has 0 bridgehead atoms. The van der Waals surface area contributed by atoms with Crippen LogP contribution in [0.3, 0.4) is 0 Å². The van der Waals surface area contributed by atoms with Crippen LogP contribution in [-0.2, 0) is 20.9 Å². The molecular weight excluding hydrogens is 270 g/mol. The van der Waals surface area contributed by atoms with Crippen LogP contribution in [0.4, 0.5) is 4.79 Å². The third-order valence-electron chi connectivity index (χ3n) is 4.40. The lowest BCUT2D eigenvalue weighted by Gasteiger charge is -2.20. The second kappa shape index (κ2) is 5.68. The summed E-state index contributed by atoms with van der Waals surface area (Å²) >= 11 is 0. The Kier molecular flexibility index (Phi) is 3.73. The number of aldehydes is 1. The number of imide groups is 1. The molecule has 1 saturated carbocycles. The maximum absolute atomic E-state index is 12.3. The van der Waals surface area contributed by atoms with Crippen molar-refractivity contribution in [3.05, 3.63) is 35.9 Å². The molecule has 1 aromatic rings. The molecule has 0 N–H and O–H groups in total. The first kappa shape index (κ1) is 13.8. The largest absolute Gasteiger partial charge is 0.444 e. The van der Waals surface area contributed by atoms with Crippen molar-refractivity contribution in [2.24, 2.45) is 11.8 Å². The van der Waals surface area contributed by atoms with Crippen LogP contribution >= 0.6 is 0 Å². The number of carbonyl (C=O) groups is 3. The Balaban J connectivity index is 1.69. The molecule has 2 amide bonds. The molecule has 2 aliphatic rings. The van der Waals surface area contributed by atoms with Crippen LogP contribution in [-0.4, -0.2) is 29.2 Å². The topological polar surface area (TPSA) is 63.7 Å². The zero-order valence-corrected chi connectivity index (χ0v) is 11.6. The lowest BCUT2D eigenvalue weighted by atomic mass is 9.94. The number of nitrogens with zero attached hydrogens (tertiary/aromatic N) is 1. The van der Waals surface area contributed by atoms with Crippen LogP contribution in [0, 0.1) is 11.8 Å². The third-order valence-corrected chi connectivity index (χ3v) is 4.40. The van der Waals surface area contributed by atoms with Gasteiger partial charge in [-0.25, -0.2) is 9.69 Å². The first-order valence-electron chi connectivity index (χ1n) is 7.21. The maximum atomic E-state index is 12.3. The summed E-state index contributed by atoms with van der Waals surface area (Å²) in [5.74, 6) is -0.476. The molecular formula is C16H17NO4. The number of hydrogen-bond acceptors (Lipinski definition) is 4. The van der Waals surface area contributed by atoms with Gasteiger partial charge in [0.15, 0.2) is 0 Å². The molecule has 1 aliphatic heterocycles. The van der Waals surface area contributed by atoms with Gasteiger partial charge < -0.3 is 9.53 Å². The Morgan fingerprint density at radius 2 is 2.05 bits per heavy atom. The summed E-state index contributed by atoms with van der Waals surface area (Å²) in [6, 6.07) is 8.59. The average molecular weight is 287 g/mol. The molecule has 3 rings (SSSR count). The van der Waals surface area contributed by atoms with E-state index in [0.717, 1.165) is 29.7 Å². The fourth-order valence-corrected chi connectivity index (χ4v) is 3.38. The molecule has 0 aromatic heterocycles. The summed E-state index contributed by atoms with van der Waals surface area (Å²) in [6.45, 7) is 0.102. The van der Waals surface area contributed by atoms with Crippen LogP contribution in [0.1, 0.15) is 24.8 Å². The third kappa shape index (κ3) is 2.44. The van der Waals surface area contributed by atoms with Gasteiger partial charge in [0.2, 0.25) is 5.91 Å². The fraction of sp³-hybridized carbons (Fsp3) is 0.438. The van der Waals surface area contributed by atoms with E-state index in [-0.39, 0.29) is 24.3 Å². The number of likely N-dealkylation sites (tertiary alicyclic amines) is 1. The Hall–Kier alpha value is -2.17. The molecule has 0 radical (unpaired) electrons. The monoisotopic (exact) mass is 287 g/mol. The Morgan fingerprint density at radius 1 is 1.29 bits per heavy atom. The Labute approximate surface area is 122 Å². The van der Waals surface area contributed by atoms with Crippen molar-refractivity contribution in [3.8, 4) is 0 Å². The zero-order chi connectivity index (χ0) is 14.8. The predicted molar refractivity (Wildman–Crippen MR) is 74.2 cm³/mol. The van der Waals surface area contributed by atoms with Crippen LogP contribution in [0.5, 0.6) is 0 Å². The van der Waals surface area contributed by atoms with E-state index < -0.39 is 12.1 Å². The van der Waals surface area contributed by atoms with E-state index in [0.29, 0.717) is 6.29 Å². The average Bonchev–Trinajstić information content (AvgIpc) is 3.08. The molecule has 110 valence electrons. The molecule has 2 fully saturated rings. The molecule has 1 aliphatic carbocycles. The Morgan fingerprint density at radius 3 is 2.76 bits per heavy atom. The summed E-state index contributed by atoms with van der Waals surface area (Å²) < 4.78 is 5.19. The first-order chi connectivity index (χ1) is 10.2. The normalized spacial score (nSPS) is 27.5. The van der Waals surface area contributed by atoms with Gasteiger partial charge in [0.25, 0.3) is 0 Å². The Bertz CT molecular complexity index is 557. The standard InChI is InChI=1S/C16H17NO4/c18-9-14-12-7-4-8-13(12)15(19)17(14)16(20)21-10-11-5-2-1-3-6-11/h1-3,5-6,9,12-14H,4,7-8,10H2/t12-,13+,14+/m0/s1. The summed E-state index contributed by atoms with van der Waals surface area (Å²) in [4.78, 5) is 36.7. The molecule has 0 unspecified atom stereocenters. The molecule has 1 heterocycles. The number of amides is 2. The highest BCUT2D eigenvalue weighted by molar-refractivity contribution is 5.99. The molecule has 5 nitrogen and oxygen atoms in total. The summed E-state index contributed by atoms with van der Waals surface area (Å²) in [5.41, 5.74) is 0.848. The van der Waals surface area contributed by atoms with Crippen molar-refractivity contribution in [2.45, 2.75) is 31.9 Å². The van der Waals surface area contributed by atoms with E-state index in [2.05, 4.69) is 0 Å². The van der Waals surface area contributed by atoms with Gasteiger partial charge in [0, 0.05) is 5.92 Å². The van der Waals surface area contributed by atoms with Crippen molar-refractivity contribution in [1.82, 2.24) is 4.90 Å². The van der Waals surface area contributed by atoms with Gasteiger partial charge in [0.1, 0.15) is 18.9 Å². The SMILES string of the molecule is O=C[C@@H]1[C@H]2CCC[C@H]2C(=O)N1C(=O)OCc1ccccc1. The highest BCUT2D eigenvalue weighted by Gasteiger charge is 2.52. The van der Waals surface area contributed by atoms with Gasteiger partial charge in [-0.15, -0.1) is 0 Å². The predicted octanol–water partition coefficient (Wildman–Crippen LogP) is 2.15. The van der Waals surface area contributed by atoms with Crippen molar-refractivity contribution in [1.29, 1.82) is 0 Å². The van der Waals surface area contributed by atoms with Crippen LogP contribution in [0.15, 0.2) is 30.3 Å². The van der Waals surface area contributed by atoms with Gasteiger partial charge in [-0.3, -0.25) is 4.79 Å². The molecule has 1 aromatic carbocycles. The number of carbonyl (C=O) groups excluding carboxylic acids is 3. The maximum Gasteiger partial charge on any atom is 0.417 e. The minimum atomic E-state index is -0.713. The summed E-state index contributed by atoms with van der Waals surface area (Å²) in [5, 5.41) is 0. The van der Waals surface area contributed by atoms with E-state index in [1.54, 1.807) is 0 Å². The lowest BCUT2D eigenvalue weighted by Crippen LogP contribution is -2.42. The number of fused-ring (bicyclic) bond motifs is 1. The van der Waals surface area contributed by atoms with Gasteiger partial charge in [-0.2, -0.15) is 0 Å². The van der Waals surface area contributed by atoms with Crippen molar-refractivity contribution in [2.75, 3.05) is 0 Å². The molecule has 1 saturated heterocycles. The fourth-order valence-electron chi connectivity index (χ4n) is 3.38. The minimum absolute atomic E-state index is 0.0284. The van der Waals surface area contributed by atoms with Gasteiger partial charge in [-0.05, 0) is 24.3 Å². The molecule has 5 heteroatoms. The van der Waals surface area contributed by atoms with Crippen molar-refractivity contribution >= 4 is 18.3 Å². The zero-order valence-electron chi connectivity index (χ0n) is 11.6. The second-order valence-corrected chi connectivity index (χ2v) is 5.58. The number of benzene rings is 1.